The highest BCUT2D eigenvalue weighted by molar-refractivity contribution is 8.00. The number of hydrogen-bond donors (Lipinski definition) is 1. The predicted octanol–water partition coefficient (Wildman–Crippen LogP) is 3.31. The van der Waals surface area contributed by atoms with E-state index >= 15 is 0 Å². The van der Waals surface area contributed by atoms with Gasteiger partial charge in [-0.2, -0.15) is 0 Å². The number of aryl methyl sites for hydroxylation is 1. The number of aromatic nitrogens is 2. The predicted molar refractivity (Wildman–Crippen MR) is 106 cm³/mol. The zero-order valence-electron chi connectivity index (χ0n) is 15.2. The van der Waals surface area contributed by atoms with E-state index in [0.717, 1.165) is 15.9 Å². The fraction of sp³-hybridized carbons (Fsp3) is 0.263. The van der Waals surface area contributed by atoms with E-state index in [2.05, 4.69) is 4.98 Å². The van der Waals surface area contributed by atoms with E-state index in [1.807, 2.05) is 23.7 Å². The summed E-state index contributed by atoms with van der Waals surface area (Å²) in [5.41, 5.74) is 1.06. The van der Waals surface area contributed by atoms with Crippen molar-refractivity contribution in [1.82, 2.24) is 9.55 Å². The first-order valence-corrected chi connectivity index (χ1v) is 10.6. The van der Waals surface area contributed by atoms with Crippen molar-refractivity contribution in [2.75, 3.05) is 6.79 Å². The third kappa shape index (κ3) is 3.52. The average Bonchev–Trinajstić information content (AvgIpc) is 2.98. The van der Waals surface area contributed by atoms with Crippen molar-refractivity contribution in [3.8, 4) is 5.75 Å². The molecule has 0 saturated carbocycles. The number of fused-ring (bicyclic) bond motifs is 2. The number of nitrogens with zero attached hydrogens (tertiary/aromatic N) is 2. The minimum atomic E-state index is -1.38. The standard InChI is InChI=1S/C19H18N2O5S2/c1-11(18(22)23)27-13-5-3-12(4-6-13)25-10-26-19-17-20-15-8-7-14(28(19)24)9-16(15)21(17)2/h3-9,11,19H,10H2,1-2H3,(H,22,23). The third-order valence-corrected chi connectivity index (χ3v) is 7.01. The van der Waals surface area contributed by atoms with Gasteiger partial charge in [-0.1, -0.05) is 0 Å². The Bertz CT molecular complexity index is 1060. The van der Waals surface area contributed by atoms with Crippen molar-refractivity contribution in [2.24, 2.45) is 7.05 Å². The second-order valence-electron chi connectivity index (χ2n) is 6.31. The van der Waals surface area contributed by atoms with Crippen molar-refractivity contribution < 1.29 is 23.6 Å². The summed E-state index contributed by atoms with van der Waals surface area (Å²) in [6.07, 6.45) is 0. The van der Waals surface area contributed by atoms with Crippen LogP contribution in [0.15, 0.2) is 52.3 Å². The maximum Gasteiger partial charge on any atom is 0.316 e. The number of rotatable bonds is 7. The van der Waals surface area contributed by atoms with Crippen LogP contribution >= 0.6 is 11.8 Å². The minimum Gasteiger partial charge on any atom is -0.480 e. The number of ether oxygens (including phenoxy) is 2. The highest BCUT2D eigenvalue weighted by Crippen LogP contribution is 2.34. The van der Waals surface area contributed by atoms with E-state index in [0.29, 0.717) is 16.5 Å². The molecular formula is C19H18N2O5S2. The molecule has 3 aromatic rings. The summed E-state index contributed by atoms with van der Waals surface area (Å²) in [6, 6.07) is 12.6. The summed E-state index contributed by atoms with van der Waals surface area (Å²) < 4.78 is 26.1. The molecule has 3 unspecified atom stereocenters. The number of imidazole rings is 1. The number of carboxylic acids is 1. The molecule has 0 saturated heterocycles. The number of carboxylic acid groups (broad SMARTS) is 1. The molecule has 4 rings (SSSR count). The normalized spacial score (nSPS) is 19.1. The summed E-state index contributed by atoms with van der Waals surface area (Å²) in [4.78, 5) is 17.0. The Morgan fingerprint density at radius 1 is 1.32 bits per heavy atom. The van der Waals surface area contributed by atoms with Gasteiger partial charge in [0.05, 0.1) is 21.8 Å². The summed E-state index contributed by atoms with van der Waals surface area (Å²) in [5, 5.41) is 8.45. The van der Waals surface area contributed by atoms with Crippen LogP contribution in [-0.4, -0.2) is 36.9 Å². The Balaban J connectivity index is 1.40. The molecule has 2 aromatic carbocycles. The van der Waals surface area contributed by atoms with Gasteiger partial charge < -0.3 is 19.1 Å². The molecule has 0 fully saturated rings. The van der Waals surface area contributed by atoms with Crippen LogP contribution < -0.4 is 4.74 Å². The lowest BCUT2D eigenvalue weighted by atomic mass is 10.3. The Kier molecular flexibility index (Phi) is 5.13. The molecule has 3 atom stereocenters. The molecule has 1 aromatic heterocycles. The molecule has 3 bridgehead atoms. The highest BCUT2D eigenvalue weighted by Gasteiger charge is 2.30. The first kappa shape index (κ1) is 19.0. The van der Waals surface area contributed by atoms with Gasteiger partial charge in [-0.25, -0.2) is 4.98 Å². The lowest BCUT2D eigenvalue weighted by Gasteiger charge is -2.17. The smallest absolute Gasteiger partial charge is 0.316 e. The first-order valence-electron chi connectivity index (χ1n) is 8.55. The Morgan fingerprint density at radius 3 is 2.79 bits per heavy atom. The molecule has 0 spiro atoms. The van der Waals surface area contributed by atoms with Gasteiger partial charge in [0.25, 0.3) is 0 Å². The van der Waals surface area contributed by atoms with Crippen LogP contribution in [0.25, 0.3) is 11.0 Å². The summed E-state index contributed by atoms with van der Waals surface area (Å²) >= 11 is 1.26. The van der Waals surface area contributed by atoms with Gasteiger partial charge in [0.1, 0.15) is 11.0 Å². The third-order valence-electron chi connectivity index (χ3n) is 4.45. The Morgan fingerprint density at radius 2 is 2.07 bits per heavy atom. The van der Waals surface area contributed by atoms with Gasteiger partial charge in [-0.15, -0.1) is 11.8 Å². The molecule has 7 nitrogen and oxygen atoms in total. The molecule has 1 N–H and O–H groups in total. The van der Waals surface area contributed by atoms with Crippen molar-refractivity contribution in [3.05, 3.63) is 48.3 Å². The zero-order chi connectivity index (χ0) is 19.8. The summed E-state index contributed by atoms with van der Waals surface area (Å²) in [6.45, 7) is 1.56. The van der Waals surface area contributed by atoms with Gasteiger partial charge in [0.2, 0.25) is 0 Å². The maximum atomic E-state index is 12.8. The summed E-state index contributed by atoms with van der Waals surface area (Å²) in [5.74, 6) is 0.333. The second-order valence-corrected chi connectivity index (χ2v) is 9.22. The van der Waals surface area contributed by atoms with Gasteiger partial charge in [-0.05, 0) is 49.4 Å². The number of hydrogen-bond acceptors (Lipinski definition) is 6. The van der Waals surface area contributed by atoms with Gasteiger partial charge >= 0.3 is 5.97 Å². The number of thioether (sulfide) groups is 1. The van der Waals surface area contributed by atoms with Crippen LogP contribution in [0.4, 0.5) is 0 Å². The number of carbonyl (C=O) groups is 1. The highest BCUT2D eigenvalue weighted by atomic mass is 32.2. The molecular weight excluding hydrogens is 400 g/mol. The molecule has 2 heterocycles. The van der Waals surface area contributed by atoms with E-state index in [-0.39, 0.29) is 6.79 Å². The van der Waals surface area contributed by atoms with Gasteiger partial charge in [0.15, 0.2) is 18.1 Å². The molecule has 9 heteroatoms. The monoisotopic (exact) mass is 418 g/mol. The van der Waals surface area contributed by atoms with Crippen molar-refractivity contribution >= 4 is 39.6 Å². The SMILES string of the molecule is CC(Sc1ccc(OCOC2c3nc4ccc(cc4n3C)S2=O)cc1)C(=O)O. The lowest BCUT2D eigenvalue weighted by molar-refractivity contribution is -0.136. The van der Waals surface area contributed by atoms with E-state index in [1.165, 1.54) is 11.8 Å². The van der Waals surface area contributed by atoms with Crippen molar-refractivity contribution in [3.63, 3.8) is 0 Å². The topological polar surface area (TPSA) is 90.7 Å². The maximum absolute atomic E-state index is 12.8. The van der Waals surface area contributed by atoms with Crippen LogP contribution in [-0.2, 0) is 27.4 Å². The van der Waals surface area contributed by atoms with Gasteiger partial charge in [0, 0.05) is 16.8 Å². The van der Waals surface area contributed by atoms with Crippen LogP contribution in [0.1, 0.15) is 18.2 Å². The second kappa shape index (κ2) is 7.57. The molecule has 146 valence electrons. The molecule has 0 radical (unpaired) electrons. The van der Waals surface area contributed by atoms with Crippen LogP contribution in [0.5, 0.6) is 5.75 Å². The molecule has 1 aliphatic heterocycles. The van der Waals surface area contributed by atoms with Crippen LogP contribution in [0, 0.1) is 0 Å². The van der Waals surface area contributed by atoms with E-state index < -0.39 is 27.5 Å². The fourth-order valence-corrected chi connectivity index (χ4v) is 4.97. The molecule has 28 heavy (non-hydrogen) atoms. The lowest BCUT2D eigenvalue weighted by Crippen LogP contribution is -2.17. The quantitative estimate of drug-likeness (QED) is 0.465. The van der Waals surface area contributed by atoms with Crippen molar-refractivity contribution in [1.29, 1.82) is 0 Å². The minimum absolute atomic E-state index is 0.0804. The average molecular weight is 418 g/mol. The van der Waals surface area contributed by atoms with Crippen LogP contribution in [0.3, 0.4) is 0 Å². The summed E-state index contributed by atoms with van der Waals surface area (Å²) in [7, 11) is 0.496. The first-order chi connectivity index (χ1) is 13.4. The van der Waals surface area contributed by atoms with Crippen LogP contribution in [0.2, 0.25) is 0 Å². The number of aliphatic carboxylic acids is 1. The largest absolute Gasteiger partial charge is 0.480 e. The van der Waals surface area contributed by atoms with E-state index in [4.69, 9.17) is 14.6 Å². The Labute approximate surface area is 168 Å². The molecule has 0 amide bonds. The van der Waals surface area contributed by atoms with Gasteiger partial charge in [-0.3, -0.25) is 9.00 Å². The van der Waals surface area contributed by atoms with Crippen molar-refractivity contribution in [2.45, 2.75) is 27.4 Å². The molecule has 1 aliphatic rings. The van der Waals surface area contributed by atoms with E-state index in [9.17, 15) is 9.00 Å². The molecule has 0 aliphatic carbocycles. The zero-order valence-corrected chi connectivity index (χ0v) is 16.8. The Hall–Kier alpha value is -2.36. The van der Waals surface area contributed by atoms with E-state index in [1.54, 1.807) is 37.3 Å². The fourth-order valence-electron chi connectivity index (χ4n) is 2.91. The number of benzene rings is 2.